The second-order valence-electron chi connectivity index (χ2n) is 7.91. The molecule has 0 aromatic heterocycles. The number of hydrogen-bond donors (Lipinski definition) is 1. The molecule has 2 atom stereocenters. The molecule has 2 amide bonds. The van der Waals surface area contributed by atoms with Crippen LogP contribution in [0.1, 0.15) is 41.0 Å². The Morgan fingerprint density at radius 3 is 2.52 bits per heavy atom. The van der Waals surface area contributed by atoms with E-state index < -0.39 is 11.3 Å². The first-order valence-corrected chi connectivity index (χ1v) is 8.17. The van der Waals surface area contributed by atoms with E-state index in [1.54, 1.807) is 4.90 Å². The van der Waals surface area contributed by atoms with Crippen molar-refractivity contribution in [1.82, 2.24) is 9.80 Å². The van der Waals surface area contributed by atoms with Gasteiger partial charge in [0.15, 0.2) is 0 Å². The van der Waals surface area contributed by atoms with E-state index in [0.717, 1.165) is 13.0 Å². The van der Waals surface area contributed by atoms with Crippen LogP contribution in [0.4, 0.5) is 4.79 Å². The predicted molar refractivity (Wildman–Crippen MR) is 85.6 cm³/mol. The molecule has 0 saturated carbocycles. The highest BCUT2D eigenvalue weighted by molar-refractivity contribution is 5.77. The minimum Gasteiger partial charge on any atom is -0.444 e. The van der Waals surface area contributed by atoms with E-state index in [1.807, 2.05) is 34.6 Å². The van der Waals surface area contributed by atoms with Crippen LogP contribution in [0.15, 0.2) is 0 Å². The summed E-state index contributed by atoms with van der Waals surface area (Å²) < 4.78 is 11.3. The van der Waals surface area contributed by atoms with Gasteiger partial charge in [-0.1, -0.05) is 0 Å². The number of carbonyl (C=O) groups excluding carboxylic acids is 2. The van der Waals surface area contributed by atoms with Crippen molar-refractivity contribution in [2.24, 2.45) is 11.7 Å². The van der Waals surface area contributed by atoms with Gasteiger partial charge in [-0.15, -0.1) is 0 Å². The lowest BCUT2D eigenvalue weighted by molar-refractivity contribution is -0.121. The van der Waals surface area contributed by atoms with Crippen molar-refractivity contribution in [3.05, 3.63) is 0 Å². The molecule has 23 heavy (non-hydrogen) atoms. The van der Waals surface area contributed by atoms with Crippen molar-refractivity contribution < 1.29 is 19.1 Å². The van der Waals surface area contributed by atoms with Gasteiger partial charge in [-0.3, -0.25) is 9.69 Å². The van der Waals surface area contributed by atoms with Gasteiger partial charge in [0.05, 0.1) is 18.6 Å². The Bertz CT molecular complexity index is 472. The number of likely N-dealkylation sites (tertiary alicyclic amines) is 1. The lowest BCUT2D eigenvalue weighted by Crippen LogP contribution is -2.52. The van der Waals surface area contributed by atoms with E-state index in [-0.39, 0.29) is 24.0 Å². The molecule has 0 spiro atoms. The van der Waals surface area contributed by atoms with E-state index in [1.165, 1.54) is 0 Å². The quantitative estimate of drug-likeness (QED) is 0.841. The van der Waals surface area contributed by atoms with Crippen LogP contribution in [0.25, 0.3) is 0 Å². The Kier molecular flexibility index (Phi) is 4.92. The number of ether oxygens (including phenoxy) is 2. The molecule has 0 radical (unpaired) electrons. The Labute approximate surface area is 138 Å². The summed E-state index contributed by atoms with van der Waals surface area (Å²) in [5.41, 5.74) is 4.13. The average molecular weight is 327 g/mol. The van der Waals surface area contributed by atoms with E-state index in [9.17, 15) is 9.59 Å². The van der Waals surface area contributed by atoms with Gasteiger partial charge in [-0.2, -0.15) is 0 Å². The summed E-state index contributed by atoms with van der Waals surface area (Å²) in [7, 11) is 0. The van der Waals surface area contributed by atoms with E-state index >= 15 is 0 Å². The molecule has 2 saturated heterocycles. The number of rotatable bonds is 3. The Morgan fingerprint density at radius 1 is 1.35 bits per heavy atom. The molecule has 132 valence electrons. The summed E-state index contributed by atoms with van der Waals surface area (Å²) in [6.07, 6.45) is 0.411. The zero-order valence-electron chi connectivity index (χ0n) is 14.8. The summed E-state index contributed by atoms with van der Waals surface area (Å²) in [6.45, 7) is 11.9. The Balaban J connectivity index is 2.03. The van der Waals surface area contributed by atoms with Crippen molar-refractivity contribution in [2.45, 2.75) is 58.4 Å². The van der Waals surface area contributed by atoms with Crippen LogP contribution >= 0.6 is 0 Å². The van der Waals surface area contributed by atoms with Crippen molar-refractivity contribution in [1.29, 1.82) is 0 Å². The summed E-state index contributed by atoms with van der Waals surface area (Å²) in [4.78, 5) is 27.7. The molecule has 2 rings (SSSR count). The summed E-state index contributed by atoms with van der Waals surface area (Å²) >= 11 is 0. The highest BCUT2D eigenvalue weighted by Crippen LogP contribution is 2.30. The van der Waals surface area contributed by atoms with Gasteiger partial charge in [-0.25, -0.2) is 4.79 Å². The van der Waals surface area contributed by atoms with Gasteiger partial charge in [-0.05, 0) is 47.6 Å². The zero-order chi connectivity index (χ0) is 17.4. The molecule has 2 aliphatic heterocycles. The second-order valence-corrected chi connectivity index (χ2v) is 7.91. The smallest absolute Gasteiger partial charge is 0.412 e. The van der Waals surface area contributed by atoms with Gasteiger partial charge in [0.2, 0.25) is 5.91 Å². The summed E-state index contributed by atoms with van der Waals surface area (Å²) in [6, 6.07) is -0.0912. The summed E-state index contributed by atoms with van der Waals surface area (Å²) in [5.74, 6) is -0.347. The largest absolute Gasteiger partial charge is 0.444 e. The van der Waals surface area contributed by atoms with Crippen molar-refractivity contribution in [3.63, 3.8) is 0 Å². The lowest BCUT2D eigenvalue weighted by atomic mass is 10.1. The number of nitrogens with zero attached hydrogens (tertiary/aromatic N) is 2. The lowest BCUT2D eigenvalue weighted by Gasteiger charge is -2.36. The predicted octanol–water partition coefficient (Wildman–Crippen LogP) is 1.17. The molecule has 2 aliphatic rings. The molecular weight excluding hydrogens is 298 g/mol. The number of nitrogens with two attached hydrogens (primary N) is 1. The van der Waals surface area contributed by atoms with Gasteiger partial charge >= 0.3 is 6.09 Å². The van der Waals surface area contributed by atoms with Crippen molar-refractivity contribution >= 4 is 12.0 Å². The van der Waals surface area contributed by atoms with Crippen LogP contribution in [0.5, 0.6) is 0 Å². The maximum absolute atomic E-state index is 12.6. The maximum Gasteiger partial charge on any atom is 0.412 e. The molecule has 0 aliphatic carbocycles. The standard InChI is InChI=1S/C16H29N3O4/c1-15(2,3)23-14(21)19-12(10-22-16(19,4)5)9-18-7-6-11(8-18)13(17)20/h11-12H,6-10H2,1-5H3,(H2,17,20)/t11?,12-/m0/s1. The Hall–Kier alpha value is -1.34. The normalized spacial score (nSPS) is 28.1. The van der Waals surface area contributed by atoms with Crippen LogP contribution in [0.2, 0.25) is 0 Å². The first-order valence-electron chi connectivity index (χ1n) is 8.17. The second kappa shape index (κ2) is 6.28. The fourth-order valence-corrected chi connectivity index (χ4v) is 3.23. The fourth-order valence-electron chi connectivity index (χ4n) is 3.23. The van der Waals surface area contributed by atoms with Crippen LogP contribution < -0.4 is 5.73 Å². The molecule has 0 aromatic rings. The minimum absolute atomic E-state index is 0.0912. The number of amides is 2. The molecule has 2 N–H and O–H groups in total. The molecule has 2 fully saturated rings. The highest BCUT2D eigenvalue weighted by atomic mass is 16.6. The number of carbonyl (C=O) groups is 2. The average Bonchev–Trinajstić information content (AvgIpc) is 2.92. The summed E-state index contributed by atoms with van der Waals surface area (Å²) in [5, 5.41) is 0. The third-order valence-corrected chi connectivity index (χ3v) is 4.31. The zero-order valence-corrected chi connectivity index (χ0v) is 14.8. The van der Waals surface area contributed by atoms with Crippen LogP contribution in [-0.2, 0) is 14.3 Å². The van der Waals surface area contributed by atoms with E-state index in [0.29, 0.717) is 19.7 Å². The Morgan fingerprint density at radius 2 is 2.00 bits per heavy atom. The molecule has 0 aromatic carbocycles. The molecule has 7 nitrogen and oxygen atoms in total. The van der Waals surface area contributed by atoms with Crippen LogP contribution in [0.3, 0.4) is 0 Å². The molecule has 7 heteroatoms. The maximum atomic E-state index is 12.6. The van der Waals surface area contributed by atoms with Gasteiger partial charge in [0.1, 0.15) is 11.3 Å². The minimum atomic E-state index is -0.699. The highest BCUT2D eigenvalue weighted by Gasteiger charge is 2.46. The first-order chi connectivity index (χ1) is 10.5. The van der Waals surface area contributed by atoms with Crippen molar-refractivity contribution in [2.75, 3.05) is 26.2 Å². The van der Waals surface area contributed by atoms with Crippen molar-refractivity contribution in [3.8, 4) is 0 Å². The van der Waals surface area contributed by atoms with Crippen LogP contribution in [0, 0.1) is 5.92 Å². The molecule has 1 unspecified atom stereocenters. The molecule has 2 heterocycles. The molecular formula is C16H29N3O4. The van der Waals surface area contributed by atoms with Gasteiger partial charge in [0, 0.05) is 13.1 Å². The third-order valence-electron chi connectivity index (χ3n) is 4.31. The first kappa shape index (κ1) is 18.0. The molecule has 0 bridgehead atoms. The van der Waals surface area contributed by atoms with Crippen LogP contribution in [-0.4, -0.2) is 65.4 Å². The monoisotopic (exact) mass is 327 g/mol. The fraction of sp³-hybridized carbons (Fsp3) is 0.875. The van der Waals surface area contributed by atoms with E-state index in [4.69, 9.17) is 15.2 Å². The topological polar surface area (TPSA) is 85.1 Å². The SMILES string of the molecule is CC(C)(C)OC(=O)N1[C@@H](CN2CCC(C(N)=O)C2)COC1(C)C. The number of primary amides is 1. The number of hydrogen-bond acceptors (Lipinski definition) is 5. The van der Waals surface area contributed by atoms with Gasteiger partial charge < -0.3 is 20.1 Å². The van der Waals surface area contributed by atoms with E-state index in [2.05, 4.69) is 4.90 Å². The van der Waals surface area contributed by atoms with Gasteiger partial charge in [0.25, 0.3) is 0 Å². The third kappa shape index (κ3) is 4.35.